The molecule has 202 valence electrons. The van der Waals surface area contributed by atoms with E-state index in [1.54, 1.807) is 24.5 Å². The van der Waals surface area contributed by atoms with E-state index in [2.05, 4.69) is 20.3 Å². The monoisotopic (exact) mass is 556 g/mol. The first-order valence-electron chi connectivity index (χ1n) is 12.2. The molecule has 13 heteroatoms. The first kappa shape index (κ1) is 25.3. The van der Waals surface area contributed by atoms with Crippen LogP contribution in [0.3, 0.4) is 0 Å². The highest BCUT2D eigenvalue weighted by Crippen LogP contribution is 2.45. The number of nitrogens with one attached hydrogen (secondary N) is 1. The van der Waals surface area contributed by atoms with Crippen molar-refractivity contribution in [3.63, 3.8) is 0 Å². The van der Waals surface area contributed by atoms with Gasteiger partial charge < -0.3 is 24.5 Å². The molecule has 6 rings (SSSR count). The molecule has 0 unspecified atom stereocenters. The molecule has 2 aliphatic rings. The van der Waals surface area contributed by atoms with Crippen molar-refractivity contribution in [3.05, 3.63) is 52.9 Å². The van der Waals surface area contributed by atoms with E-state index in [4.69, 9.17) is 21.1 Å². The molecule has 10 nitrogen and oxygen atoms in total. The number of nitrogens with zero attached hydrogens (tertiary/aromatic N) is 5. The van der Waals surface area contributed by atoms with Crippen molar-refractivity contribution in [2.75, 3.05) is 30.0 Å². The van der Waals surface area contributed by atoms with Crippen molar-refractivity contribution < 1.29 is 28.2 Å². The zero-order valence-electron chi connectivity index (χ0n) is 21.1. The molecule has 0 aliphatic carbocycles. The maximum atomic E-state index is 15.4. The van der Waals surface area contributed by atoms with Gasteiger partial charge in [-0.3, -0.25) is 4.90 Å². The zero-order chi connectivity index (χ0) is 27.6. The molecule has 4 aromatic rings. The maximum Gasteiger partial charge on any atom is 0.414 e. The number of carbonyl (C=O) groups is 1. The largest absolute Gasteiger partial charge is 0.488 e. The van der Waals surface area contributed by atoms with Crippen LogP contribution in [0.1, 0.15) is 32.6 Å². The van der Waals surface area contributed by atoms with E-state index in [0.717, 1.165) is 0 Å². The lowest BCUT2D eigenvalue weighted by Gasteiger charge is -2.28. The Hall–Kier alpha value is -4.03. The van der Waals surface area contributed by atoms with Crippen LogP contribution in [0, 0.1) is 11.6 Å². The van der Waals surface area contributed by atoms with Crippen LogP contribution in [-0.2, 0) is 10.3 Å². The van der Waals surface area contributed by atoms with Crippen molar-refractivity contribution in [2.24, 2.45) is 0 Å². The molecule has 2 N–H and O–H groups in total. The van der Waals surface area contributed by atoms with Crippen LogP contribution in [0.5, 0.6) is 5.75 Å². The number of rotatable bonds is 5. The number of imidazole rings is 1. The number of benzene rings is 2. The van der Waals surface area contributed by atoms with E-state index in [9.17, 15) is 14.3 Å². The summed E-state index contributed by atoms with van der Waals surface area (Å²) >= 11 is 6.45. The summed E-state index contributed by atoms with van der Waals surface area (Å²) in [7, 11) is 0. The quantitative estimate of drug-likeness (QED) is 0.340. The maximum absolute atomic E-state index is 15.4. The van der Waals surface area contributed by atoms with Crippen molar-refractivity contribution >= 4 is 46.1 Å². The van der Waals surface area contributed by atoms with Gasteiger partial charge in [0.2, 0.25) is 5.95 Å². The number of anilines is 3. The van der Waals surface area contributed by atoms with E-state index >= 15 is 4.39 Å². The SMILES string of the molecule is C[C@H]1COc2c(-c3nc(Nc4ccc(N5CCOC5=O)cc4F)ncc3Cl)cc(F)c3nc(C(C)(C)O)n1c23. The van der Waals surface area contributed by atoms with Gasteiger partial charge in [-0.05, 0) is 45.0 Å². The summed E-state index contributed by atoms with van der Waals surface area (Å²) in [5.41, 5.74) is -0.0531. The summed E-state index contributed by atoms with van der Waals surface area (Å²) in [6.07, 6.45) is 0.778. The van der Waals surface area contributed by atoms with Gasteiger partial charge in [-0.2, -0.15) is 0 Å². The second kappa shape index (κ2) is 9.02. The highest BCUT2D eigenvalue weighted by atomic mass is 35.5. The second-order valence-electron chi connectivity index (χ2n) is 9.90. The minimum atomic E-state index is -1.33. The van der Waals surface area contributed by atoms with Gasteiger partial charge in [-0.25, -0.2) is 28.5 Å². The highest BCUT2D eigenvalue weighted by Gasteiger charge is 2.34. The topological polar surface area (TPSA) is 115 Å². The Balaban J connectivity index is 1.41. The Morgan fingerprint density at radius 1 is 1.18 bits per heavy atom. The number of ether oxygens (including phenoxy) is 2. The number of aromatic nitrogens is 4. The molecule has 1 atom stereocenters. The van der Waals surface area contributed by atoms with Crippen molar-refractivity contribution in [1.29, 1.82) is 0 Å². The van der Waals surface area contributed by atoms with E-state index < -0.39 is 23.3 Å². The van der Waals surface area contributed by atoms with Gasteiger partial charge in [0.15, 0.2) is 11.6 Å². The lowest BCUT2D eigenvalue weighted by Crippen LogP contribution is -2.28. The Morgan fingerprint density at radius 2 is 1.97 bits per heavy atom. The predicted octanol–water partition coefficient (Wildman–Crippen LogP) is 5.31. The summed E-state index contributed by atoms with van der Waals surface area (Å²) in [6.45, 7) is 5.86. The second-order valence-corrected chi connectivity index (χ2v) is 10.3. The minimum absolute atomic E-state index is 0.00389. The summed E-state index contributed by atoms with van der Waals surface area (Å²) in [6, 6.07) is 5.23. The third kappa shape index (κ3) is 4.20. The Labute approximate surface area is 226 Å². The van der Waals surface area contributed by atoms with Crippen LogP contribution in [0.4, 0.5) is 30.9 Å². The Morgan fingerprint density at radius 3 is 2.67 bits per heavy atom. The average molecular weight is 557 g/mol. The van der Waals surface area contributed by atoms with Crippen molar-refractivity contribution in [3.8, 4) is 17.0 Å². The fourth-order valence-corrected chi connectivity index (χ4v) is 5.00. The van der Waals surface area contributed by atoms with E-state index in [0.29, 0.717) is 29.3 Å². The molecular formula is C26H23ClF2N6O4. The molecule has 1 amide bonds. The van der Waals surface area contributed by atoms with Gasteiger partial charge in [-0.1, -0.05) is 11.6 Å². The number of cyclic esters (lactones) is 1. The summed E-state index contributed by atoms with van der Waals surface area (Å²) < 4.78 is 43.0. The molecule has 0 bridgehead atoms. The molecule has 2 aromatic carbocycles. The molecule has 0 saturated carbocycles. The fraction of sp³-hybridized carbons (Fsp3) is 0.308. The van der Waals surface area contributed by atoms with Gasteiger partial charge in [0.05, 0.1) is 40.9 Å². The minimum Gasteiger partial charge on any atom is -0.488 e. The number of amides is 1. The van der Waals surface area contributed by atoms with Gasteiger partial charge >= 0.3 is 6.09 Å². The molecule has 39 heavy (non-hydrogen) atoms. The lowest BCUT2D eigenvalue weighted by molar-refractivity contribution is 0.0616. The van der Waals surface area contributed by atoms with Gasteiger partial charge in [0, 0.05) is 5.56 Å². The molecule has 0 radical (unpaired) electrons. The molecule has 1 saturated heterocycles. The Kier molecular flexibility index (Phi) is 5.84. The summed E-state index contributed by atoms with van der Waals surface area (Å²) in [5, 5.41) is 13.6. The molecule has 2 aliphatic heterocycles. The number of aliphatic hydroxyl groups is 1. The van der Waals surface area contributed by atoms with Crippen LogP contribution >= 0.6 is 11.6 Å². The Bertz CT molecular complexity index is 1650. The van der Waals surface area contributed by atoms with Crippen molar-refractivity contribution in [1.82, 2.24) is 19.5 Å². The normalized spacial score (nSPS) is 16.9. The average Bonchev–Trinajstić information content (AvgIpc) is 3.50. The van der Waals surface area contributed by atoms with Crippen molar-refractivity contribution in [2.45, 2.75) is 32.4 Å². The number of halogens is 3. The molecular weight excluding hydrogens is 534 g/mol. The first-order chi connectivity index (χ1) is 18.5. The highest BCUT2D eigenvalue weighted by molar-refractivity contribution is 6.33. The van der Waals surface area contributed by atoms with Crippen LogP contribution in [0.25, 0.3) is 22.3 Å². The van der Waals surface area contributed by atoms with Gasteiger partial charge in [-0.15, -0.1) is 0 Å². The number of carbonyl (C=O) groups excluding carboxylic acids is 1. The van der Waals surface area contributed by atoms with Gasteiger partial charge in [0.25, 0.3) is 0 Å². The standard InChI is InChI=1S/C26H23ClF2N6O4/c1-12-11-39-22-14(9-17(29)20-21(22)35(12)23(32-20)26(2,3)37)19-15(27)10-30-24(33-19)31-18-5-4-13(8-16(18)28)34-6-7-38-25(34)36/h4-5,8-10,12,37H,6-7,11H2,1-3H3,(H,30,31,33)/t12-/m0/s1. The van der Waals surface area contributed by atoms with Crippen LogP contribution in [0.2, 0.25) is 5.02 Å². The third-order valence-corrected chi connectivity index (χ3v) is 6.87. The smallest absolute Gasteiger partial charge is 0.414 e. The first-order valence-corrected chi connectivity index (χ1v) is 12.5. The lowest BCUT2D eigenvalue weighted by atomic mass is 10.1. The summed E-state index contributed by atoms with van der Waals surface area (Å²) in [4.78, 5) is 26.1. The predicted molar refractivity (Wildman–Crippen MR) is 140 cm³/mol. The molecule has 0 spiro atoms. The van der Waals surface area contributed by atoms with Crippen LogP contribution in [0.15, 0.2) is 30.5 Å². The summed E-state index contributed by atoms with van der Waals surface area (Å²) in [5.74, 6) is -0.661. The van der Waals surface area contributed by atoms with E-state index in [1.165, 1.54) is 29.3 Å². The molecule has 1 fully saturated rings. The van der Waals surface area contributed by atoms with Crippen LogP contribution in [-0.4, -0.2) is 50.5 Å². The number of hydrogen-bond acceptors (Lipinski definition) is 8. The van der Waals surface area contributed by atoms with E-state index in [-0.39, 0.29) is 52.7 Å². The van der Waals surface area contributed by atoms with Gasteiger partial charge in [0.1, 0.15) is 41.5 Å². The zero-order valence-corrected chi connectivity index (χ0v) is 21.9. The van der Waals surface area contributed by atoms with Crippen LogP contribution < -0.4 is 15.0 Å². The van der Waals surface area contributed by atoms with E-state index in [1.807, 2.05) is 6.92 Å². The fourth-order valence-electron chi connectivity index (χ4n) is 4.80. The molecule has 4 heterocycles. The third-order valence-electron chi connectivity index (χ3n) is 6.60. The number of hydrogen-bond donors (Lipinski definition) is 2. The molecule has 2 aromatic heterocycles.